The van der Waals surface area contributed by atoms with E-state index in [1.807, 2.05) is 0 Å². The third kappa shape index (κ3) is 3.55. The van der Waals surface area contributed by atoms with Gasteiger partial charge in [0.1, 0.15) is 0 Å². The van der Waals surface area contributed by atoms with E-state index in [4.69, 9.17) is 16.5 Å². The smallest absolute Gasteiger partial charge is 0.306 e. The Morgan fingerprint density at radius 3 is 2.86 bits per heavy atom. The predicted molar refractivity (Wildman–Crippen MR) is 52.8 cm³/mol. The molecule has 0 amide bonds. The average Bonchev–Trinajstić information content (AvgIpc) is 2.15. The molecule has 1 aromatic rings. The van der Waals surface area contributed by atoms with Crippen LogP contribution in [-0.4, -0.2) is 12.0 Å². The van der Waals surface area contributed by atoms with Gasteiger partial charge in [0.25, 0.3) is 0 Å². The molecule has 7 heteroatoms. The molecule has 1 rings (SSSR count). The maximum Gasteiger partial charge on any atom is 0.469 e. The van der Waals surface area contributed by atoms with E-state index < -0.39 is 7.75 Å². The minimum Gasteiger partial charge on any atom is -0.306 e. The normalized spacial score (nSPS) is 15.6. The second kappa shape index (κ2) is 4.66. The van der Waals surface area contributed by atoms with Gasteiger partial charge in [0, 0.05) is 12.1 Å². The van der Waals surface area contributed by atoms with Gasteiger partial charge >= 0.3 is 7.75 Å². The van der Waals surface area contributed by atoms with Crippen molar-refractivity contribution in [2.75, 3.05) is 7.11 Å². The first-order valence-electron chi connectivity index (χ1n) is 3.61. The number of hydrogen-bond acceptors (Lipinski definition) is 3. The van der Waals surface area contributed by atoms with Crippen molar-refractivity contribution in [3.63, 3.8) is 0 Å². The van der Waals surface area contributed by atoms with Crippen LogP contribution in [0, 0.1) is 0 Å². The topological polar surface area (TPSA) is 71.2 Å². The fraction of sp³-hybridized carbons (Fsp3) is 0.143. The van der Waals surface area contributed by atoms with Gasteiger partial charge in [0.15, 0.2) is 0 Å². The summed E-state index contributed by atoms with van der Waals surface area (Å²) in [6, 6.07) is 6.44. The predicted octanol–water partition coefficient (Wildman–Crippen LogP) is 3.17. The lowest BCUT2D eigenvalue weighted by Gasteiger charge is -1.99. The Balaban J connectivity index is 2.84. The third-order valence-electron chi connectivity index (χ3n) is 1.32. The standard InChI is InChI=1S/C7H8ClN2O3P/c1-13-14(11,12)10-9-7-4-2-3-6(8)5-7/h2-5H,1H3,(H,11,12). The second-order valence-corrected chi connectivity index (χ2v) is 4.30. The van der Waals surface area contributed by atoms with E-state index in [1.54, 1.807) is 18.2 Å². The van der Waals surface area contributed by atoms with E-state index in [-0.39, 0.29) is 0 Å². The molecule has 0 bridgehead atoms. The molecule has 0 radical (unpaired) electrons. The van der Waals surface area contributed by atoms with Crippen LogP contribution in [0.15, 0.2) is 34.3 Å². The largest absolute Gasteiger partial charge is 0.469 e. The fourth-order valence-corrected chi connectivity index (χ4v) is 1.16. The third-order valence-corrected chi connectivity index (χ3v) is 2.35. The first-order chi connectivity index (χ1) is 6.53. The van der Waals surface area contributed by atoms with Gasteiger partial charge in [0.2, 0.25) is 0 Å². The van der Waals surface area contributed by atoms with Crippen molar-refractivity contribution in [1.29, 1.82) is 0 Å². The zero-order valence-electron chi connectivity index (χ0n) is 7.29. The zero-order valence-corrected chi connectivity index (χ0v) is 8.94. The molecule has 5 nitrogen and oxygen atoms in total. The Hall–Kier alpha value is -0.740. The Labute approximate surface area is 86.0 Å². The first-order valence-corrected chi connectivity index (χ1v) is 5.52. The molecule has 0 saturated carbocycles. The summed E-state index contributed by atoms with van der Waals surface area (Å²) in [6.45, 7) is 0. The SMILES string of the molecule is COP(=O)(O)N=Nc1cccc(Cl)c1. The van der Waals surface area contributed by atoms with Crippen molar-refractivity contribution in [1.82, 2.24) is 0 Å². The monoisotopic (exact) mass is 234 g/mol. The summed E-state index contributed by atoms with van der Waals surface area (Å²) in [5.74, 6) is 0. The van der Waals surface area contributed by atoms with Crippen LogP contribution in [-0.2, 0) is 9.09 Å². The van der Waals surface area contributed by atoms with Gasteiger partial charge in [-0.1, -0.05) is 22.6 Å². The molecule has 0 heterocycles. The summed E-state index contributed by atoms with van der Waals surface area (Å²) in [5.41, 5.74) is 0.392. The molecule has 0 aliphatic carbocycles. The lowest BCUT2D eigenvalue weighted by Crippen LogP contribution is -1.76. The van der Waals surface area contributed by atoms with Gasteiger partial charge in [-0.25, -0.2) is 4.57 Å². The van der Waals surface area contributed by atoms with Crippen LogP contribution in [0.4, 0.5) is 5.69 Å². The van der Waals surface area contributed by atoms with Gasteiger partial charge in [-0.2, -0.15) is 0 Å². The Kier molecular flexibility index (Phi) is 3.77. The highest BCUT2D eigenvalue weighted by molar-refractivity contribution is 7.51. The summed E-state index contributed by atoms with van der Waals surface area (Å²) in [7, 11) is -2.86. The maximum atomic E-state index is 10.9. The zero-order chi connectivity index (χ0) is 10.6. The van der Waals surface area contributed by atoms with Crippen LogP contribution in [0.1, 0.15) is 0 Å². The van der Waals surface area contributed by atoms with Crippen LogP contribution in [0.25, 0.3) is 0 Å². The second-order valence-electron chi connectivity index (χ2n) is 2.34. The molecule has 1 N–H and O–H groups in total. The van der Waals surface area contributed by atoms with Crippen molar-refractivity contribution >= 4 is 25.0 Å². The van der Waals surface area contributed by atoms with Crippen molar-refractivity contribution in [3.8, 4) is 0 Å². The van der Waals surface area contributed by atoms with E-state index in [1.165, 1.54) is 6.07 Å². The molecule has 1 aromatic carbocycles. The summed E-state index contributed by atoms with van der Waals surface area (Å²) >= 11 is 5.66. The van der Waals surface area contributed by atoms with E-state index in [0.29, 0.717) is 10.7 Å². The van der Waals surface area contributed by atoms with Crippen LogP contribution in [0.2, 0.25) is 5.02 Å². The Morgan fingerprint density at radius 2 is 2.29 bits per heavy atom. The molecule has 0 aromatic heterocycles. The molecular weight excluding hydrogens is 227 g/mol. The number of halogens is 1. The maximum absolute atomic E-state index is 10.9. The van der Waals surface area contributed by atoms with Gasteiger partial charge < -0.3 is 4.89 Å². The molecule has 0 spiro atoms. The molecule has 76 valence electrons. The van der Waals surface area contributed by atoms with Gasteiger partial charge in [-0.05, 0) is 18.2 Å². The van der Waals surface area contributed by atoms with E-state index in [2.05, 4.69) is 14.5 Å². The van der Waals surface area contributed by atoms with Crippen molar-refractivity contribution in [2.45, 2.75) is 0 Å². The summed E-state index contributed by atoms with van der Waals surface area (Å²) in [4.78, 5) is 12.0. The Morgan fingerprint density at radius 1 is 1.57 bits per heavy atom. The van der Waals surface area contributed by atoms with Gasteiger partial charge in [-0.15, -0.1) is 5.11 Å². The number of benzene rings is 1. The van der Waals surface area contributed by atoms with Crippen molar-refractivity contribution in [3.05, 3.63) is 29.3 Å². The Bertz CT molecular complexity index is 396. The highest BCUT2D eigenvalue weighted by atomic mass is 35.5. The van der Waals surface area contributed by atoms with Crippen LogP contribution < -0.4 is 0 Å². The molecule has 1 unspecified atom stereocenters. The van der Waals surface area contributed by atoms with Crippen LogP contribution in [0.3, 0.4) is 0 Å². The van der Waals surface area contributed by atoms with E-state index in [0.717, 1.165) is 7.11 Å². The lowest BCUT2D eigenvalue weighted by atomic mass is 10.3. The number of rotatable bonds is 3. The highest BCUT2D eigenvalue weighted by Gasteiger charge is 2.14. The summed E-state index contributed by atoms with van der Waals surface area (Å²) in [5, 5.41) is 3.99. The molecule has 0 fully saturated rings. The van der Waals surface area contributed by atoms with E-state index >= 15 is 0 Å². The fourth-order valence-electron chi connectivity index (χ4n) is 0.683. The molecule has 0 saturated heterocycles. The van der Waals surface area contributed by atoms with Gasteiger partial charge in [0.05, 0.1) is 5.69 Å². The molecule has 1 atom stereocenters. The molecule has 14 heavy (non-hydrogen) atoms. The minimum atomic E-state index is -3.94. The molecule has 0 aliphatic heterocycles. The summed E-state index contributed by atoms with van der Waals surface area (Å²) < 4.78 is 15.1. The quantitative estimate of drug-likeness (QED) is 0.645. The van der Waals surface area contributed by atoms with E-state index in [9.17, 15) is 4.57 Å². The number of nitrogens with zero attached hydrogens (tertiary/aromatic N) is 2. The van der Waals surface area contributed by atoms with Crippen LogP contribution >= 0.6 is 19.3 Å². The van der Waals surface area contributed by atoms with Crippen molar-refractivity contribution < 1.29 is 14.0 Å². The van der Waals surface area contributed by atoms with Crippen LogP contribution in [0.5, 0.6) is 0 Å². The average molecular weight is 235 g/mol. The minimum absolute atomic E-state index is 0.392. The summed E-state index contributed by atoms with van der Waals surface area (Å²) in [6.07, 6.45) is 0. The first kappa shape index (κ1) is 11.3. The number of hydrogen-bond donors (Lipinski definition) is 1. The van der Waals surface area contributed by atoms with Crippen molar-refractivity contribution in [2.24, 2.45) is 10.00 Å². The van der Waals surface area contributed by atoms with Gasteiger partial charge in [-0.3, -0.25) is 4.52 Å². The molecular formula is C7H8ClN2O3P. The lowest BCUT2D eigenvalue weighted by molar-refractivity contribution is 0.315. The highest BCUT2D eigenvalue weighted by Crippen LogP contribution is 2.43. The molecule has 0 aliphatic rings.